The van der Waals surface area contributed by atoms with Crippen molar-refractivity contribution in [3.63, 3.8) is 0 Å². The van der Waals surface area contributed by atoms with Crippen LogP contribution in [-0.2, 0) is 20.9 Å². The second-order valence-corrected chi connectivity index (χ2v) is 5.70. The van der Waals surface area contributed by atoms with Gasteiger partial charge in [0.2, 0.25) is 5.89 Å². The van der Waals surface area contributed by atoms with E-state index < -0.39 is 36.6 Å². The minimum atomic E-state index is -0.861. The van der Waals surface area contributed by atoms with Gasteiger partial charge < -0.3 is 14.5 Å². The number of nitrogens with zero attached hydrogens (tertiary/aromatic N) is 2. The molecule has 0 aliphatic rings. The third kappa shape index (κ3) is 5.55. The van der Waals surface area contributed by atoms with Gasteiger partial charge in [-0.05, 0) is 30.2 Å². The Balaban J connectivity index is 1.92. The highest BCUT2D eigenvalue weighted by molar-refractivity contribution is 5.80. The van der Waals surface area contributed by atoms with E-state index in [1.165, 1.54) is 24.3 Å². The van der Waals surface area contributed by atoms with Crippen molar-refractivity contribution in [2.45, 2.75) is 20.4 Å². The molecule has 0 bridgehead atoms. The number of nitrogens with one attached hydrogen (secondary N) is 1. The molecule has 134 valence electrons. The van der Waals surface area contributed by atoms with Crippen LogP contribution in [0.15, 0.2) is 33.5 Å². The van der Waals surface area contributed by atoms with E-state index in [1.807, 2.05) is 13.8 Å². The van der Waals surface area contributed by atoms with Crippen molar-refractivity contribution >= 4 is 11.9 Å². The summed E-state index contributed by atoms with van der Waals surface area (Å²) in [6.45, 7) is 3.40. The quantitative estimate of drug-likeness (QED) is 0.745. The van der Waals surface area contributed by atoms with Gasteiger partial charge in [0.1, 0.15) is 12.4 Å². The highest BCUT2D eigenvalue weighted by Gasteiger charge is 2.15. The number of benzene rings is 1. The standard InChI is InChI=1S/C16H18FN3O5/c1-10(2)7-18-13(21)9-24-14(22)8-20-16(23)25-15(19-20)11-3-5-12(17)6-4-11/h3-6,10H,7-9H2,1-2H3,(H,18,21). The Morgan fingerprint density at radius 2 is 2.00 bits per heavy atom. The predicted octanol–water partition coefficient (Wildman–Crippen LogP) is 0.958. The molecule has 0 unspecified atom stereocenters. The van der Waals surface area contributed by atoms with Crippen LogP contribution < -0.4 is 11.1 Å². The Kier molecular flexibility index (Phi) is 6.04. The van der Waals surface area contributed by atoms with Crippen LogP contribution in [0.5, 0.6) is 0 Å². The number of rotatable bonds is 7. The summed E-state index contributed by atoms with van der Waals surface area (Å²) < 4.78 is 23.4. The molecule has 0 radical (unpaired) electrons. The van der Waals surface area contributed by atoms with Gasteiger partial charge in [-0.1, -0.05) is 13.8 Å². The lowest BCUT2D eigenvalue weighted by molar-refractivity contribution is -0.149. The smallest absolute Gasteiger partial charge is 0.437 e. The molecule has 1 aromatic carbocycles. The second kappa shape index (κ2) is 8.22. The van der Waals surface area contributed by atoms with Gasteiger partial charge >= 0.3 is 11.7 Å². The van der Waals surface area contributed by atoms with Crippen LogP contribution in [0, 0.1) is 11.7 Å². The van der Waals surface area contributed by atoms with Crippen molar-refractivity contribution in [3.05, 3.63) is 40.6 Å². The Bertz CT molecular complexity index is 795. The molecule has 25 heavy (non-hydrogen) atoms. The van der Waals surface area contributed by atoms with Gasteiger partial charge in [0.15, 0.2) is 6.61 Å². The lowest BCUT2D eigenvalue weighted by Gasteiger charge is -2.07. The molecule has 0 saturated heterocycles. The van der Waals surface area contributed by atoms with E-state index in [2.05, 4.69) is 10.4 Å². The third-order valence-corrected chi connectivity index (χ3v) is 3.05. The summed E-state index contributed by atoms with van der Waals surface area (Å²) >= 11 is 0. The molecule has 2 rings (SSSR count). The number of ether oxygens (including phenoxy) is 1. The number of hydrogen-bond donors (Lipinski definition) is 1. The van der Waals surface area contributed by atoms with Crippen LogP contribution in [-0.4, -0.2) is 34.8 Å². The van der Waals surface area contributed by atoms with Crippen molar-refractivity contribution < 1.29 is 23.1 Å². The van der Waals surface area contributed by atoms with E-state index in [-0.39, 0.29) is 11.8 Å². The molecule has 1 N–H and O–H groups in total. The van der Waals surface area contributed by atoms with Crippen molar-refractivity contribution in [3.8, 4) is 11.5 Å². The Hall–Kier alpha value is -2.97. The lowest BCUT2D eigenvalue weighted by atomic mass is 10.2. The summed E-state index contributed by atoms with van der Waals surface area (Å²) in [6.07, 6.45) is 0. The highest BCUT2D eigenvalue weighted by atomic mass is 19.1. The summed E-state index contributed by atoms with van der Waals surface area (Å²) in [6, 6.07) is 5.17. The maximum Gasteiger partial charge on any atom is 0.437 e. The maximum atomic E-state index is 12.9. The first-order valence-corrected chi connectivity index (χ1v) is 7.61. The van der Waals surface area contributed by atoms with Crippen molar-refractivity contribution in [2.75, 3.05) is 13.2 Å². The predicted molar refractivity (Wildman–Crippen MR) is 85.0 cm³/mol. The van der Waals surface area contributed by atoms with Crippen LogP contribution in [0.3, 0.4) is 0 Å². The molecule has 0 aliphatic carbocycles. The average Bonchev–Trinajstić information content (AvgIpc) is 2.92. The number of carbonyl (C=O) groups excluding carboxylic acids is 2. The zero-order valence-corrected chi connectivity index (χ0v) is 13.8. The van der Waals surface area contributed by atoms with Crippen LogP contribution >= 0.6 is 0 Å². The van der Waals surface area contributed by atoms with Gasteiger partial charge in [-0.3, -0.25) is 9.59 Å². The van der Waals surface area contributed by atoms with Gasteiger partial charge in [-0.25, -0.2) is 9.18 Å². The Morgan fingerprint density at radius 3 is 2.64 bits per heavy atom. The SMILES string of the molecule is CC(C)CNC(=O)COC(=O)Cn1nc(-c2ccc(F)cc2)oc1=O. The fraction of sp³-hybridized carbons (Fsp3) is 0.375. The summed E-state index contributed by atoms with van der Waals surface area (Å²) in [7, 11) is 0. The summed E-state index contributed by atoms with van der Waals surface area (Å²) in [5.74, 6) is -2.31. The van der Waals surface area contributed by atoms with E-state index in [1.54, 1.807) is 0 Å². The summed E-state index contributed by atoms with van der Waals surface area (Å²) in [4.78, 5) is 34.9. The normalized spacial score (nSPS) is 10.7. The highest BCUT2D eigenvalue weighted by Crippen LogP contribution is 2.15. The molecule has 0 spiro atoms. The fourth-order valence-electron chi connectivity index (χ4n) is 1.80. The van der Waals surface area contributed by atoms with Crippen molar-refractivity contribution in [2.24, 2.45) is 5.92 Å². The first-order chi connectivity index (χ1) is 11.8. The minimum absolute atomic E-state index is 0.0486. The molecule has 8 nitrogen and oxygen atoms in total. The molecular formula is C16H18FN3O5. The Labute approximate surface area is 142 Å². The van der Waals surface area contributed by atoms with Gasteiger partial charge in [0.05, 0.1) is 0 Å². The molecule has 0 aliphatic heterocycles. The van der Waals surface area contributed by atoms with E-state index in [0.717, 1.165) is 4.68 Å². The van der Waals surface area contributed by atoms with Crippen molar-refractivity contribution in [1.82, 2.24) is 15.1 Å². The topological polar surface area (TPSA) is 103 Å². The molecule has 1 amide bonds. The second-order valence-electron chi connectivity index (χ2n) is 5.70. The number of aromatic nitrogens is 2. The molecule has 9 heteroatoms. The van der Waals surface area contributed by atoms with Crippen LogP contribution in [0.2, 0.25) is 0 Å². The maximum absolute atomic E-state index is 12.9. The Morgan fingerprint density at radius 1 is 1.32 bits per heavy atom. The van der Waals surface area contributed by atoms with E-state index in [4.69, 9.17) is 9.15 Å². The average molecular weight is 351 g/mol. The molecule has 0 saturated carbocycles. The van der Waals surface area contributed by atoms with Gasteiger partial charge in [0.25, 0.3) is 5.91 Å². The number of halogens is 1. The zero-order chi connectivity index (χ0) is 18.4. The van der Waals surface area contributed by atoms with Crippen LogP contribution in [0.1, 0.15) is 13.8 Å². The number of carbonyl (C=O) groups is 2. The number of amides is 1. The fourth-order valence-corrected chi connectivity index (χ4v) is 1.80. The van der Waals surface area contributed by atoms with Crippen molar-refractivity contribution in [1.29, 1.82) is 0 Å². The van der Waals surface area contributed by atoms with Crippen LogP contribution in [0.4, 0.5) is 4.39 Å². The van der Waals surface area contributed by atoms with Gasteiger partial charge in [-0.2, -0.15) is 4.68 Å². The zero-order valence-electron chi connectivity index (χ0n) is 13.8. The molecule has 1 aromatic heterocycles. The third-order valence-electron chi connectivity index (χ3n) is 3.05. The van der Waals surface area contributed by atoms with E-state index >= 15 is 0 Å². The first-order valence-electron chi connectivity index (χ1n) is 7.61. The minimum Gasteiger partial charge on any atom is -0.454 e. The van der Waals surface area contributed by atoms with Gasteiger partial charge in [-0.15, -0.1) is 5.10 Å². The molecule has 1 heterocycles. The molecule has 0 fully saturated rings. The van der Waals surface area contributed by atoms with Crippen LogP contribution in [0.25, 0.3) is 11.5 Å². The first kappa shape index (κ1) is 18.4. The van der Waals surface area contributed by atoms with E-state index in [9.17, 15) is 18.8 Å². The molecule has 0 atom stereocenters. The molecule has 2 aromatic rings. The van der Waals surface area contributed by atoms with E-state index in [0.29, 0.717) is 12.1 Å². The van der Waals surface area contributed by atoms with Gasteiger partial charge in [0, 0.05) is 12.1 Å². The summed E-state index contributed by atoms with van der Waals surface area (Å²) in [5.41, 5.74) is 0.388. The lowest BCUT2D eigenvalue weighted by Crippen LogP contribution is -2.32. The monoisotopic (exact) mass is 351 g/mol. The summed E-state index contributed by atoms with van der Waals surface area (Å²) in [5, 5.41) is 6.44. The number of esters is 1. The number of hydrogen-bond acceptors (Lipinski definition) is 6. The largest absolute Gasteiger partial charge is 0.454 e. The molecular weight excluding hydrogens is 333 g/mol.